The maximum Gasteiger partial charge on any atom is 0.307 e. The minimum absolute atomic E-state index is 0.0688. The lowest BCUT2D eigenvalue weighted by molar-refractivity contribution is -0.145. The van der Waals surface area contributed by atoms with Crippen molar-refractivity contribution in [3.05, 3.63) is 0 Å². The number of ether oxygens (including phenoxy) is 2. The Morgan fingerprint density at radius 3 is 1.92 bits per heavy atom. The number of amides is 1. The van der Waals surface area contributed by atoms with Gasteiger partial charge < -0.3 is 19.3 Å². The molecule has 0 bridgehead atoms. The third kappa shape index (κ3) is 22.4. The van der Waals surface area contributed by atoms with Crippen molar-refractivity contribution in [2.45, 2.75) is 110 Å². The summed E-state index contributed by atoms with van der Waals surface area (Å²) in [4.78, 5) is 40.3. The van der Waals surface area contributed by atoms with Crippen molar-refractivity contribution in [1.82, 2.24) is 9.80 Å². The van der Waals surface area contributed by atoms with Gasteiger partial charge in [-0.05, 0) is 46.3 Å². The van der Waals surface area contributed by atoms with Crippen molar-refractivity contribution in [3.8, 4) is 12.3 Å². The Morgan fingerprint density at radius 1 is 0.667 bits per heavy atom. The lowest BCUT2D eigenvalue weighted by Crippen LogP contribution is -2.35. The molecule has 0 heterocycles. The molecule has 208 valence electrons. The molecule has 7 nitrogen and oxygen atoms in total. The van der Waals surface area contributed by atoms with Gasteiger partial charge in [-0.1, -0.05) is 58.3 Å². The Bertz CT molecular complexity index is 615. The average Bonchev–Trinajstić information content (AvgIpc) is 2.84. The summed E-state index contributed by atoms with van der Waals surface area (Å²) in [5.74, 6) is 2.07. The molecule has 0 saturated carbocycles. The van der Waals surface area contributed by atoms with Crippen LogP contribution in [0.1, 0.15) is 110 Å². The minimum atomic E-state index is -0.325. The molecule has 7 heteroatoms. The lowest BCUT2D eigenvalue weighted by Gasteiger charge is -2.23. The molecule has 0 atom stereocenters. The number of hydrogen-bond acceptors (Lipinski definition) is 6. The third-order valence-corrected chi connectivity index (χ3v) is 6.01. The first-order valence-electron chi connectivity index (χ1n) is 14.1. The molecule has 0 aromatic heterocycles. The summed E-state index contributed by atoms with van der Waals surface area (Å²) < 4.78 is 10.4. The fraction of sp³-hybridized carbons (Fsp3) is 0.828. The van der Waals surface area contributed by atoms with Crippen molar-refractivity contribution in [2.75, 3.05) is 46.9 Å². The van der Waals surface area contributed by atoms with E-state index in [2.05, 4.69) is 17.7 Å². The van der Waals surface area contributed by atoms with Crippen LogP contribution in [0.4, 0.5) is 0 Å². The van der Waals surface area contributed by atoms with Crippen LogP contribution < -0.4 is 0 Å². The lowest BCUT2D eigenvalue weighted by atomic mass is 10.1. The standard InChI is InChI=1S/C29H52N2O5/c1-5-7-9-10-11-14-17-26-36-28(33)20-16-13-12-15-19-27(32)31(23-18-22-30(3)4)24-21-29(34)35-25-8-6-2/h2H,5,7-26H2,1,3-4H3. The summed E-state index contributed by atoms with van der Waals surface area (Å²) in [7, 11) is 4.00. The second-order valence-electron chi connectivity index (χ2n) is 9.72. The first kappa shape index (κ1) is 33.9. The molecule has 0 radical (unpaired) electrons. The molecule has 0 rings (SSSR count). The summed E-state index contributed by atoms with van der Waals surface area (Å²) in [6.45, 7) is 4.84. The van der Waals surface area contributed by atoms with E-state index in [4.69, 9.17) is 15.9 Å². The van der Waals surface area contributed by atoms with Gasteiger partial charge in [0.25, 0.3) is 0 Å². The van der Waals surface area contributed by atoms with Gasteiger partial charge in [-0.25, -0.2) is 0 Å². The SMILES string of the molecule is C#CCCOC(=O)CCN(CCCN(C)C)C(=O)CCCCCCC(=O)OCCCCCCCCC. The normalized spacial score (nSPS) is 10.8. The molecule has 0 aromatic carbocycles. The van der Waals surface area contributed by atoms with Crippen molar-refractivity contribution >= 4 is 17.8 Å². The van der Waals surface area contributed by atoms with Crippen molar-refractivity contribution in [1.29, 1.82) is 0 Å². The molecular weight excluding hydrogens is 456 g/mol. The molecule has 0 aliphatic rings. The number of rotatable bonds is 24. The van der Waals surface area contributed by atoms with E-state index in [1.54, 1.807) is 4.90 Å². The van der Waals surface area contributed by atoms with E-state index in [-0.39, 0.29) is 30.9 Å². The number of hydrogen-bond donors (Lipinski definition) is 0. The predicted molar refractivity (Wildman–Crippen MR) is 145 cm³/mol. The second kappa shape index (κ2) is 24.6. The van der Waals surface area contributed by atoms with Gasteiger partial charge in [0.1, 0.15) is 6.61 Å². The van der Waals surface area contributed by atoms with E-state index >= 15 is 0 Å². The van der Waals surface area contributed by atoms with Gasteiger partial charge in [0, 0.05) is 32.4 Å². The van der Waals surface area contributed by atoms with Crippen LogP contribution in [-0.4, -0.2) is 74.6 Å². The summed E-state index contributed by atoms with van der Waals surface area (Å²) in [5.41, 5.74) is 0. The quantitative estimate of drug-likeness (QED) is 0.0993. The summed E-state index contributed by atoms with van der Waals surface area (Å²) in [6, 6.07) is 0. The van der Waals surface area contributed by atoms with Crippen LogP contribution in [0.5, 0.6) is 0 Å². The zero-order chi connectivity index (χ0) is 26.9. The average molecular weight is 509 g/mol. The first-order valence-corrected chi connectivity index (χ1v) is 14.1. The summed E-state index contributed by atoms with van der Waals surface area (Å²) in [6.07, 6.45) is 19.3. The highest BCUT2D eigenvalue weighted by Crippen LogP contribution is 2.10. The smallest absolute Gasteiger partial charge is 0.307 e. The number of carbonyl (C=O) groups is 3. The molecule has 0 aliphatic heterocycles. The molecule has 0 aliphatic carbocycles. The van der Waals surface area contributed by atoms with Gasteiger partial charge in [0.15, 0.2) is 0 Å². The van der Waals surface area contributed by atoms with Crippen LogP contribution >= 0.6 is 0 Å². The van der Waals surface area contributed by atoms with Crippen LogP contribution in [-0.2, 0) is 23.9 Å². The van der Waals surface area contributed by atoms with E-state index in [1.807, 2.05) is 14.1 Å². The minimum Gasteiger partial charge on any atom is -0.466 e. The van der Waals surface area contributed by atoms with Gasteiger partial charge in [-0.3, -0.25) is 14.4 Å². The van der Waals surface area contributed by atoms with Crippen LogP contribution in [0.15, 0.2) is 0 Å². The van der Waals surface area contributed by atoms with E-state index in [1.165, 1.54) is 32.1 Å². The van der Waals surface area contributed by atoms with Gasteiger partial charge in [-0.2, -0.15) is 0 Å². The number of esters is 2. The van der Waals surface area contributed by atoms with Gasteiger partial charge in [0.2, 0.25) is 5.91 Å². The monoisotopic (exact) mass is 508 g/mol. The number of carbonyl (C=O) groups excluding carboxylic acids is 3. The number of unbranched alkanes of at least 4 members (excludes halogenated alkanes) is 9. The van der Waals surface area contributed by atoms with Crippen molar-refractivity contribution in [3.63, 3.8) is 0 Å². The molecule has 0 aromatic rings. The highest BCUT2D eigenvalue weighted by molar-refractivity contribution is 5.77. The van der Waals surface area contributed by atoms with Crippen molar-refractivity contribution < 1.29 is 23.9 Å². The maximum absolute atomic E-state index is 12.7. The molecular formula is C29H52N2O5. The Morgan fingerprint density at radius 2 is 1.25 bits per heavy atom. The molecule has 0 N–H and O–H groups in total. The highest BCUT2D eigenvalue weighted by atomic mass is 16.5. The van der Waals surface area contributed by atoms with E-state index < -0.39 is 0 Å². The van der Waals surface area contributed by atoms with Crippen LogP contribution in [0.25, 0.3) is 0 Å². The first-order chi connectivity index (χ1) is 17.4. The molecule has 0 spiro atoms. The molecule has 1 amide bonds. The Balaban J connectivity index is 4.00. The summed E-state index contributed by atoms with van der Waals surface area (Å²) in [5, 5.41) is 0. The zero-order valence-corrected chi connectivity index (χ0v) is 23.4. The molecule has 0 fully saturated rings. The van der Waals surface area contributed by atoms with E-state index in [0.717, 1.165) is 51.5 Å². The van der Waals surface area contributed by atoms with Gasteiger partial charge >= 0.3 is 11.9 Å². The van der Waals surface area contributed by atoms with Gasteiger partial charge in [0.05, 0.1) is 13.0 Å². The van der Waals surface area contributed by atoms with Crippen molar-refractivity contribution in [2.24, 2.45) is 0 Å². The highest BCUT2D eigenvalue weighted by Gasteiger charge is 2.15. The topological polar surface area (TPSA) is 76.2 Å². The summed E-state index contributed by atoms with van der Waals surface area (Å²) >= 11 is 0. The third-order valence-electron chi connectivity index (χ3n) is 6.01. The van der Waals surface area contributed by atoms with E-state index in [9.17, 15) is 14.4 Å². The van der Waals surface area contributed by atoms with Crippen LogP contribution in [0, 0.1) is 12.3 Å². The van der Waals surface area contributed by atoms with Crippen LogP contribution in [0.3, 0.4) is 0 Å². The predicted octanol–water partition coefficient (Wildman–Crippen LogP) is 5.36. The molecule has 36 heavy (non-hydrogen) atoms. The largest absolute Gasteiger partial charge is 0.466 e. The van der Waals surface area contributed by atoms with E-state index in [0.29, 0.717) is 39.0 Å². The second-order valence-corrected chi connectivity index (χ2v) is 9.72. The fourth-order valence-electron chi connectivity index (χ4n) is 3.84. The zero-order valence-electron chi connectivity index (χ0n) is 23.4. The number of nitrogens with zero attached hydrogens (tertiary/aromatic N) is 2. The maximum atomic E-state index is 12.7. The van der Waals surface area contributed by atoms with Crippen LogP contribution in [0.2, 0.25) is 0 Å². The number of terminal acetylenes is 1. The Hall–Kier alpha value is -2.07. The molecule has 0 saturated heterocycles. The fourth-order valence-corrected chi connectivity index (χ4v) is 3.84. The molecule has 0 unspecified atom stereocenters. The Labute approximate surface area is 220 Å². The van der Waals surface area contributed by atoms with Gasteiger partial charge in [-0.15, -0.1) is 12.3 Å². The Kier molecular flexibility index (Phi) is 23.2.